The van der Waals surface area contributed by atoms with Gasteiger partial charge in [0.15, 0.2) is 0 Å². The average Bonchev–Trinajstić information content (AvgIpc) is 3.26. The molecular weight excluding hydrogens is 471 g/mol. The van der Waals surface area contributed by atoms with Crippen molar-refractivity contribution in [3.63, 3.8) is 0 Å². The van der Waals surface area contributed by atoms with Crippen molar-refractivity contribution in [1.29, 1.82) is 0 Å². The summed E-state index contributed by atoms with van der Waals surface area (Å²) in [5.74, 6) is 1.46. The van der Waals surface area contributed by atoms with E-state index in [2.05, 4.69) is 10.00 Å². The normalized spacial score (nSPS) is 20.3. The van der Waals surface area contributed by atoms with E-state index in [-0.39, 0.29) is 11.6 Å². The molecule has 180 valence electrons. The van der Waals surface area contributed by atoms with E-state index in [1.54, 1.807) is 29.1 Å². The molecule has 7 rings (SSSR count). The van der Waals surface area contributed by atoms with Crippen molar-refractivity contribution in [2.24, 2.45) is 13.0 Å². The first-order chi connectivity index (χ1) is 17.0. The van der Waals surface area contributed by atoms with E-state index < -0.39 is 5.82 Å². The molecule has 10 heteroatoms. The standard InChI is InChI=1S/C21H18ClFN4O2.C4H6N2/c22-12-1-2-13(15(23)9-12)19-20-14(10-17(24-19)26-3-5-29-6-4-26)21(28)27-16-7-11(16)8-18(27)25-20;1-6-4-2-3-5-6/h1-2,9-11,16H,3-8H2;2-4H,1H3. The van der Waals surface area contributed by atoms with Gasteiger partial charge in [0.25, 0.3) is 5.56 Å². The molecule has 1 saturated carbocycles. The van der Waals surface area contributed by atoms with Crippen molar-refractivity contribution in [3.05, 3.63) is 69.7 Å². The van der Waals surface area contributed by atoms with Crippen LogP contribution in [0.25, 0.3) is 22.2 Å². The molecule has 2 atom stereocenters. The van der Waals surface area contributed by atoms with Crippen molar-refractivity contribution in [2.75, 3.05) is 31.2 Å². The summed E-state index contributed by atoms with van der Waals surface area (Å²) in [4.78, 5) is 25.0. The molecule has 1 aliphatic carbocycles. The minimum Gasteiger partial charge on any atom is -0.378 e. The number of fused-ring (bicyclic) bond motifs is 4. The summed E-state index contributed by atoms with van der Waals surface area (Å²) in [6, 6.07) is 8.46. The number of hydrogen-bond donors (Lipinski definition) is 0. The summed E-state index contributed by atoms with van der Waals surface area (Å²) >= 11 is 5.95. The van der Waals surface area contributed by atoms with Crippen LogP contribution in [0.15, 0.2) is 47.5 Å². The second kappa shape index (κ2) is 8.73. The molecule has 0 N–H and O–H groups in total. The maximum atomic E-state index is 14.8. The Bertz CT molecular complexity index is 1470. The summed E-state index contributed by atoms with van der Waals surface area (Å²) < 4.78 is 23.8. The third-order valence-corrected chi connectivity index (χ3v) is 7.00. The van der Waals surface area contributed by atoms with Gasteiger partial charge >= 0.3 is 0 Å². The van der Waals surface area contributed by atoms with Gasteiger partial charge in [0, 0.05) is 55.6 Å². The number of pyridine rings is 1. The van der Waals surface area contributed by atoms with Crippen molar-refractivity contribution < 1.29 is 9.13 Å². The molecular formula is C25H24ClFN6O2. The number of anilines is 1. The summed E-state index contributed by atoms with van der Waals surface area (Å²) in [5, 5.41) is 4.64. The second-order valence-corrected chi connectivity index (χ2v) is 9.54. The molecule has 0 spiro atoms. The minimum atomic E-state index is -0.476. The Hall–Kier alpha value is -3.30. The molecule has 2 unspecified atom stereocenters. The van der Waals surface area contributed by atoms with Gasteiger partial charge < -0.3 is 9.64 Å². The third-order valence-electron chi connectivity index (χ3n) is 6.77. The molecule has 3 aromatic heterocycles. The second-order valence-electron chi connectivity index (χ2n) is 9.10. The Balaban J connectivity index is 0.000000336. The van der Waals surface area contributed by atoms with Gasteiger partial charge in [-0.05, 0) is 42.7 Å². The van der Waals surface area contributed by atoms with Crippen LogP contribution in [0.1, 0.15) is 18.3 Å². The van der Waals surface area contributed by atoms with Gasteiger partial charge in [-0.25, -0.2) is 14.4 Å². The molecule has 2 aliphatic heterocycles. The Labute approximate surface area is 205 Å². The van der Waals surface area contributed by atoms with Crippen LogP contribution >= 0.6 is 11.6 Å². The number of ether oxygens (including phenoxy) is 1. The van der Waals surface area contributed by atoms with Crippen molar-refractivity contribution in [2.45, 2.75) is 18.9 Å². The first kappa shape index (κ1) is 22.2. The fourth-order valence-electron chi connectivity index (χ4n) is 4.89. The number of nitrogens with zero attached hydrogens (tertiary/aromatic N) is 6. The highest BCUT2D eigenvalue weighted by Crippen LogP contribution is 2.50. The van der Waals surface area contributed by atoms with Crippen LogP contribution in [-0.4, -0.2) is 50.6 Å². The number of rotatable bonds is 2. The topological polar surface area (TPSA) is 78.1 Å². The molecule has 35 heavy (non-hydrogen) atoms. The number of benzene rings is 1. The summed E-state index contributed by atoms with van der Waals surface area (Å²) in [5.41, 5.74) is 1.09. The van der Waals surface area contributed by atoms with E-state index in [4.69, 9.17) is 26.3 Å². The van der Waals surface area contributed by atoms with Crippen LogP contribution < -0.4 is 10.5 Å². The Morgan fingerprint density at radius 3 is 2.69 bits per heavy atom. The van der Waals surface area contributed by atoms with Crippen LogP contribution in [0.5, 0.6) is 0 Å². The third kappa shape index (κ3) is 4.08. The lowest BCUT2D eigenvalue weighted by atomic mass is 10.1. The first-order valence-electron chi connectivity index (χ1n) is 11.7. The lowest BCUT2D eigenvalue weighted by molar-refractivity contribution is 0.122. The smallest absolute Gasteiger partial charge is 0.261 e. The minimum absolute atomic E-state index is 0.0532. The van der Waals surface area contributed by atoms with Crippen molar-refractivity contribution in [1.82, 2.24) is 24.3 Å². The quantitative estimate of drug-likeness (QED) is 0.423. The SMILES string of the molecule is Cn1cccn1.O=c1c2cc(N3CCOCC3)nc(-c3ccc(Cl)cc3F)c2nc2n1C1CC1C2. The van der Waals surface area contributed by atoms with E-state index in [0.717, 1.165) is 18.7 Å². The van der Waals surface area contributed by atoms with E-state index in [1.807, 2.05) is 23.9 Å². The molecule has 0 radical (unpaired) electrons. The molecule has 8 nitrogen and oxygen atoms in total. The predicted molar refractivity (Wildman–Crippen MR) is 131 cm³/mol. The van der Waals surface area contributed by atoms with Crippen LogP contribution in [-0.2, 0) is 18.2 Å². The van der Waals surface area contributed by atoms with Gasteiger partial charge in [-0.2, -0.15) is 5.10 Å². The highest BCUT2D eigenvalue weighted by Gasteiger charge is 2.47. The van der Waals surface area contributed by atoms with E-state index in [1.165, 1.54) is 6.07 Å². The molecule has 5 heterocycles. The van der Waals surface area contributed by atoms with Crippen molar-refractivity contribution >= 4 is 28.3 Å². The lowest BCUT2D eigenvalue weighted by Crippen LogP contribution is -2.37. The molecule has 1 saturated heterocycles. The average molecular weight is 495 g/mol. The van der Waals surface area contributed by atoms with Gasteiger partial charge in [-0.15, -0.1) is 0 Å². The largest absolute Gasteiger partial charge is 0.378 e. The molecule has 4 aromatic rings. The van der Waals surface area contributed by atoms with Crippen molar-refractivity contribution in [3.8, 4) is 11.3 Å². The predicted octanol–water partition coefficient (Wildman–Crippen LogP) is 3.62. The van der Waals surface area contributed by atoms with Gasteiger partial charge in [-0.3, -0.25) is 14.0 Å². The molecule has 3 aliphatic rings. The fraction of sp³-hybridized carbons (Fsp3) is 0.360. The van der Waals surface area contributed by atoms with Crippen LogP contribution in [0.4, 0.5) is 10.2 Å². The van der Waals surface area contributed by atoms with Gasteiger partial charge in [0.1, 0.15) is 28.7 Å². The maximum absolute atomic E-state index is 14.8. The van der Waals surface area contributed by atoms with Gasteiger partial charge in [-0.1, -0.05) is 11.6 Å². The molecule has 1 aromatic carbocycles. The molecule has 2 fully saturated rings. The Morgan fingerprint density at radius 1 is 1.17 bits per heavy atom. The summed E-state index contributed by atoms with van der Waals surface area (Å²) in [6.07, 6.45) is 5.48. The van der Waals surface area contributed by atoms with E-state index in [9.17, 15) is 9.18 Å². The van der Waals surface area contributed by atoms with Gasteiger partial charge in [0.05, 0.1) is 18.6 Å². The van der Waals surface area contributed by atoms with Crippen LogP contribution in [0.2, 0.25) is 5.02 Å². The van der Waals surface area contributed by atoms with E-state index >= 15 is 0 Å². The zero-order valence-corrected chi connectivity index (χ0v) is 20.0. The Morgan fingerprint density at radius 2 is 2.00 bits per heavy atom. The number of aryl methyl sites for hydroxylation is 1. The number of halogens is 2. The number of hydrogen-bond acceptors (Lipinski definition) is 6. The fourth-order valence-corrected chi connectivity index (χ4v) is 5.05. The zero-order chi connectivity index (χ0) is 24.1. The Kier molecular flexibility index (Phi) is 5.53. The van der Waals surface area contributed by atoms with Gasteiger partial charge in [0.2, 0.25) is 0 Å². The zero-order valence-electron chi connectivity index (χ0n) is 19.2. The highest BCUT2D eigenvalue weighted by atomic mass is 35.5. The number of morpholine rings is 1. The maximum Gasteiger partial charge on any atom is 0.261 e. The van der Waals surface area contributed by atoms with Crippen LogP contribution in [0.3, 0.4) is 0 Å². The lowest BCUT2D eigenvalue weighted by Gasteiger charge is -2.28. The summed E-state index contributed by atoms with van der Waals surface area (Å²) in [6.45, 7) is 2.53. The summed E-state index contributed by atoms with van der Waals surface area (Å²) in [7, 11) is 1.89. The number of aromatic nitrogens is 5. The molecule has 0 amide bonds. The first-order valence-corrected chi connectivity index (χ1v) is 12.1. The highest BCUT2D eigenvalue weighted by molar-refractivity contribution is 6.30. The van der Waals surface area contributed by atoms with Crippen LogP contribution in [0, 0.1) is 11.7 Å². The monoisotopic (exact) mass is 494 g/mol. The van der Waals surface area contributed by atoms with E-state index in [0.29, 0.717) is 65.2 Å². The molecule has 0 bridgehead atoms.